The Morgan fingerprint density at radius 1 is 1.20 bits per heavy atom. The van der Waals surface area contributed by atoms with Gasteiger partial charge in [0.15, 0.2) is 0 Å². The summed E-state index contributed by atoms with van der Waals surface area (Å²) >= 11 is 2.12. The quantitative estimate of drug-likeness (QED) is 0.588. The van der Waals surface area contributed by atoms with Crippen LogP contribution >= 0.6 is 33.3 Å². The van der Waals surface area contributed by atoms with Crippen molar-refractivity contribution in [1.82, 2.24) is 0 Å². The van der Waals surface area contributed by atoms with Crippen LogP contribution in [0.5, 0.6) is 0 Å². The fraction of sp³-hybridized carbons (Fsp3) is 1.00. The fourth-order valence-electron chi connectivity index (χ4n) is 0.864. The van der Waals surface area contributed by atoms with Crippen molar-refractivity contribution >= 4 is 33.3 Å². The molecule has 0 unspecified atom stereocenters. The van der Waals surface area contributed by atoms with Crippen LogP contribution in [0.4, 0.5) is 0 Å². The van der Waals surface area contributed by atoms with Gasteiger partial charge >= 0.3 is 0 Å². The summed E-state index contributed by atoms with van der Waals surface area (Å²) in [5.41, 5.74) is 0. The maximum Gasteiger partial charge on any atom is 0.0250 e. The van der Waals surface area contributed by atoms with Crippen LogP contribution in [0, 0.1) is 0 Å². The van der Waals surface area contributed by atoms with Crippen LogP contribution < -0.4 is 0 Å². The van der Waals surface area contributed by atoms with Gasteiger partial charge in [-0.15, -0.1) is 0 Å². The first-order valence-electron chi connectivity index (χ1n) is 3.50. The largest absolute Gasteiger partial charge is 0.151 e. The van der Waals surface area contributed by atoms with Crippen LogP contribution in [-0.4, -0.2) is 21.5 Å². The van der Waals surface area contributed by atoms with E-state index in [1.165, 1.54) is 11.5 Å². The van der Waals surface area contributed by atoms with Crippen molar-refractivity contribution in [2.45, 2.75) is 30.8 Å². The number of hydrogen-bond donors (Lipinski definition) is 0. The van der Waals surface area contributed by atoms with Gasteiger partial charge in [0.1, 0.15) is 0 Å². The summed E-state index contributed by atoms with van der Waals surface area (Å²) in [4.78, 5) is 0. The zero-order valence-electron chi connectivity index (χ0n) is 6.72. The van der Waals surface area contributed by atoms with Crippen molar-refractivity contribution in [3.05, 3.63) is 0 Å². The summed E-state index contributed by atoms with van der Waals surface area (Å²) in [5, 5.41) is 0.898. The van der Waals surface area contributed by atoms with Crippen LogP contribution in [0.3, 0.4) is 0 Å². The topological polar surface area (TPSA) is 0 Å². The monoisotopic (exact) mass is 194 g/mol. The van der Waals surface area contributed by atoms with Gasteiger partial charge in [-0.05, 0) is 0 Å². The smallest absolute Gasteiger partial charge is 0.0250 e. The molecule has 0 saturated carbocycles. The van der Waals surface area contributed by atoms with E-state index in [9.17, 15) is 0 Å². The summed E-state index contributed by atoms with van der Waals surface area (Å²) in [5.74, 6) is 2.68. The lowest BCUT2D eigenvalue weighted by Gasteiger charge is -2.21. The number of thioether (sulfide) groups is 1. The molecule has 3 heteroatoms. The molecule has 0 aromatic carbocycles. The molecule has 0 amide bonds. The minimum atomic E-state index is 0.454. The summed E-state index contributed by atoms with van der Waals surface area (Å²) in [6, 6.07) is 0. The molecule has 0 aliphatic carbocycles. The molecular weight excluding hydrogens is 180 g/mol. The molecule has 0 aromatic heterocycles. The molecule has 0 nitrogen and oxygen atoms in total. The highest BCUT2D eigenvalue weighted by Gasteiger charge is 2.22. The lowest BCUT2D eigenvalue weighted by Crippen LogP contribution is -2.16. The average molecular weight is 194 g/mol. The van der Waals surface area contributed by atoms with Gasteiger partial charge in [-0.2, -0.15) is 11.8 Å². The maximum atomic E-state index is 2.30. The first kappa shape index (κ1) is 9.14. The van der Waals surface area contributed by atoms with Crippen molar-refractivity contribution in [3.63, 3.8) is 0 Å². The highest BCUT2D eigenvalue weighted by atomic mass is 33.1. The molecule has 60 valence electrons. The van der Waals surface area contributed by atoms with Crippen LogP contribution in [0.1, 0.15) is 20.8 Å². The van der Waals surface area contributed by atoms with Crippen LogP contribution in [-0.2, 0) is 0 Å². The molecule has 1 saturated heterocycles. The third kappa shape index (κ3) is 3.44. The fourth-order valence-corrected chi connectivity index (χ4v) is 5.78. The number of hydrogen-bond acceptors (Lipinski definition) is 3. The van der Waals surface area contributed by atoms with Crippen molar-refractivity contribution in [1.29, 1.82) is 0 Å². The Hall–Kier alpha value is 1.05. The molecule has 1 aliphatic heterocycles. The lowest BCUT2D eigenvalue weighted by molar-refractivity contribution is 0.797. The maximum absolute atomic E-state index is 2.30. The molecule has 1 fully saturated rings. The third-order valence-corrected chi connectivity index (χ3v) is 5.47. The van der Waals surface area contributed by atoms with Gasteiger partial charge in [-0.25, -0.2) is 0 Å². The summed E-state index contributed by atoms with van der Waals surface area (Å²) in [6.07, 6.45) is 0. The first-order chi connectivity index (χ1) is 4.58. The van der Waals surface area contributed by atoms with E-state index in [0.29, 0.717) is 4.75 Å². The van der Waals surface area contributed by atoms with E-state index in [1.807, 2.05) is 21.6 Å². The Morgan fingerprint density at radius 3 is 2.10 bits per heavy atom. The van der Waals surface area contributed by atoms with Gasteiger partial charge in [0.25, 0.3) is 0 Å². The molecule has 0 radical (unpaired) electrons. The van der Waals surface area contributed by atoms with Crippen LogP contribution in [0.25, 0.3) is 0 Å². The second-order valence-corrected chi connectivity index (χ2v) is 8.10. The number of rotatable bonds is 1. The van der Waals surface area contributed by atoms with E-state index in [0.717, 1.165) is 5.25 Å². The molecule has 0 N–H and O–H groups in total. The van der Waals surface area contributed by atoms with Gasteiger partial charge < -0.3 is 0 Å². The van der Waals surface area contributed by atoms with Gasteiger partial charge in [0.2, 0.25) is 0 Å². The van der Waals surface area contributed by atoms with E-state index >= 15 is 0 Å². The highest BCUT2D eigenvalue weighted by molar-refractivity contribution is 8.77. The van der Waals surface area contributed by atoms with Crippen molar-refractivity contribution in [3.8, 4) is 0 Å². The Labute approximate surface area is 75.7 Å². The average Bonchev–Trinajstić information content (AvgIpc) is 2.12. The molecule has 1 rings (SSSR count). The Kier molecular flexibility index (Phi) is 3.32. The SMILES string of the molecule is CC(C)(C)SC1CSSC1. The third-order valence-electron chi connectivity index (χ3n) is 1.11. The standard InChI is InChI=1S/C7H14S3/c1-7(2,3)10-6-4-8-9-5-6/h6H,4-5H2,1-3H3. The molecule has 0 aromatic rings. The van der Waals surface area contributed by atoms with Gasteiger partial charge in [-0.1, -0.05) is 42.4 Å². The van der Waals surface area contributed by atoms with Crippen molar-refractivity contribution < 1.29 is 0 Å². The van der Waals surface area contributed by atoms with Crippen molar-refractivity contribution in [2.24, 2.45) is 0 Å². The van der Waals surface area contributed by atoms with E-state index in [4.69, 9.17) is 0 Å². The van der Waals surface area contributed by atoms with E-state index in [-0.39, 0.29) is 0 Å². The Balaban J connectivity index is 2.24. The van der Waals surface area contributed by atoms with Gasteiger partial charge in [0.05, 0.1) is 0 Å². The molecular formula is C7H14S3. The van der Waals surface area contributed by atoms with Gasteiger partial charge in [0, 0.05) is 21.5 Å². The zero-order chi connectivity index (χ0) is 7.61. The molecule has 0 bridgehead atoms. The van der Waals surface area contributed by atoms with E-state index in [2.05, 4.69) is 32.5 Å². The molecule has 0 spiro atoms. The minimum absolute atomic E-state index is 0.454. The van der Waals surface area contributed by atoms with Crippen LogP contribution in [0.15, 0.2) is 0 Å². The summed E-state index contributed by atoms with van der Waals surface area (Å²) < 4.78 is 0.454. The summed E-state index contributed by atoms with van der Waals surface area (Å²) in [6.45, 7) is 6.89. The summed E-state index contributed by atoms with van der Waals surface area (Å²) in [7, 11) is 4.04. The molecule has 1 heterocycles. The van der Waals surface area contributed by atoms with E-state index < -0.39 is 0 Å². The predicted octanol–water partition coefficient (Wildman–Crippen LogP) is 3.28. The zero-order valence-corrected chi connectivity index (χ0v) is 9.17. The first-order valence-corrected chi connectivity index (χ1v) is 6.87. The second kappa shape index (κ2) is 3.63. The van der Waals surface area contributed by atoms with Gasteiger partial charge in [-0.3, -0.25) is 0 Å². The predicted molar refractivity (Wildman–Crippen MR) is 56.0 cm³/mol. The second-order valence-electron chi connectivity index (χ2n) is 3.42. The molecule has 0 atom stereocenters. The highest BCUT2D eigenvalue weighted by Crippen LogP contribution is 2.41. The molecule has 1 aliphatic rings. The van der Waals surface area contributed by atoms with E-state index in [1.54, 1.807) is 0 Å². The van der Waals surface area contributed by atoms with Crippen molar-refractivity contribution in [2.75, 3.05) is 11.5 Å². The minimum Gasteiger partial charge on any atom is -0.151 e. The Morgan fingerprint density at radius 2 is 1.70 bits per heavy atom. The molecule has 10 heavy (non-hydrogen) atoms. The van der Waals surface area contributed by atoms with Crippen LogP contribution in [0.2, 0.25) is 0 Å². The lowest BCUT2D eigenvalue weighted by atomic mass is 10.3. The Bertz CT molecular complexity index is 99.9. The normalized spacial score (nSPS) is 21.9.